The summed E-state index contributed by atoms with van der Waals surface area (Å²) in [5.41, 5.74) is 0.553. The van der Waals surface area contributed by atoms with Crippen molar-refractivity contribution in [1.29, 1.82) is 0 Å². The zero-order chi connectivity index (χ0) is 12.6. The van der Waals surface area contributed by atoms with Crippen LogP contribution in [0.1, 0.15) is 19.0 Å². The van der Waals surface area contributed by atoms with Crippen molar-refractivity contribution in [3.05, 3.63) is 10.7 Å². The molecule has 1 fully saturated rings. The Morgan fingerprint density at radius 2 is 2.35 bits per heavy atom. The number of amides is 1. The maximum absolute atomic E-state index is 11.8. The Kier molecular flexibility index (Phi) is 3.44. The van der Waals surface area contributed by atoms with Crippen molar-refractivity contribution in [3.8, 4) is 0 Å². The third-order valence-electron chi connectivity index (χ3n) is 2.44. The minimum absolute atomic E-state index is 0.00416. The fourth-order valence-corrected chi connectivity index (χ4v) is 2.79. The van der Waals surface area contributed by atoms with E-state index in [2.05, 4.69) is 5.16 Å². The fraction of sp³-hybridized carbons (Fsp3) is 0.500. The highest BCUT2D eigenvalue weighted by Crippen LogP contribution is 2.34. The quantitative estimate of drug-likeness (QED) is 0.826. The number of rotatable bonds is 2. The third-order valence-corrected chi connectivity index (χ3v) is 3.86. The zero-order valence-corrected chi connectivity index (χ0v) is 11.0. The number of carbonyl (C=O) groups is 2. The van der Waals surface area contributed by atoms with Gasteiger partial charge in [-0.1, -0.05) is 28.5 Å². The van der Waals surface area contributed by atoms with Crippen LogP contribution < -0.4 is 4.90 Å². The molecule has 2 heterocycles. The van der Waals surface area contributed by atoms with Gasteiger partial charge in [0.25, 0.3) is 5.88 Å². The molecule has 0 radical (unpaired) electrons. The predicted octanol–water partition coefficient (Wildman–Crippen LogP) is 2.02. The van der Waals surface area contributed by atoms with Gasteiger partial charge in [-0.05, 0) is 6.92 Å². The molecule has 0 spiro atoms. The molecule has 5 nitrogen and oxygen atoms in total. The van der Waals surface area contributed by atoms with Crippen molar-refractivity contribution in [2.75, 3.05) is 11.4 Å². The second-order valence-electron chi connectivity index (χ2n) is 3.83. The van der Waals surface area contributed by atoms with Gasteiger partial charge in [-0.3, -0.25) is 14.5 Å². The summed E-state index contributed by atoms with van der Waals surface area (Å²) in [7, 11) is 0. The lowest BCUT2D eigenvalue weighted by Crippen LogP contribution is -2.24. The molecular weight excluding hydrogens is 264 g/mol. The first-order chi connectivity index (χ1) is 7.99. The molecule has 0 N–H and O–H groups in total. The van der Waals surface area contributed by atoms with Gasteiger partial charge < -0.3 is 4.52 Å². The van der Waals surface area contributed by atoms with E-state index >= 15 is 0 Å². The van der Waals surface area contributed by atoms with Crippen molar-refractivity contribution in [3.63, 3.8) is 0 Å². The third kappa shape index (κ3) is 2.47. The molecule has 1 aliphatic heterocycles. The summed E-state index contributed by atoms with van der Waals surface area (Å²) >= 11 is 7.15. The summed E-state index contributed by atoms with van der Waals surface area (Å²) < 4.78 is 5.03. The van der Waals surface area contributed by atoms with Crippen LogP contribution in [-0.2, 0) is 9.59 Å². The summed E-state index contributed by atoms with van der Waals surface area (Å²) in [6.45, 7) is 3.62. The molecule has 2 rings (SSSR count). The van der Waals surface area contributed by atoms with E-state index in [0.29, 0.717) is 23.7 Å². The maximum Gasteiger partial charge on any atom is 0.252 e. The van der Waals surface area contributed by atoms with E-state index in [-0.39, 0.29) is 22.2 Å². The first-order valence-corrected chi connectivity index (χ1v) is 6.34. The lowest BCUT2D eigenvalue weighted by atomic mass is 10.4. The molecule has 1 aliphatic rings. The van der Waals surface area contributed by atoms with Crippen molar-refractivity contribution in [2.45, 2.75) is 25.5 Å². The van der Waals surface area contributed by atoms with Crippen molar-refractivity contribution in [1.82, 2.24) is 5.16 Å². The standard InChI is InChI=1S/C10H11ClN2O3S/c1-5-9(11)10(16-12-5)13-4-7(3-8(13)15)17-6(2)14/h7H,3-4H2,1-2H3. The zero-order valence-electron chi connectivity index (χ0n) is 9.40. The molecule has 0 saturated carbocycles. The smallest absolute Gasteiger partial charge is 0.252 e. The molecule has 1 aromatic heterocycles. The molecule has 1 atom stereocenters. The van der Waals surface area contributed by atoms with Crippen LogP contribution in [0.25, 0.3) is 0 Å². The van der Waals surface area contributed by atoms with Crippen molar-refractivity contribution in [2.24, 2.45) is 0 Å². The van der Waals surface area contributed by atoms with Gasteiger partial charge in [-0.2, -0.15) is 0 Å². The second kappa shape index (κ2) is 4.70. The maximum atomic E-state index is 11.8. The van der Waals surface area contributed by atoms with Crippen molar-refractivity contribution >= 4 is 40.3 Å². The van der Waals surface area contributed by atoms with Gasteiger partial charge in [-0.25, -0.2) is 0 Å². The molecule has 92 valence electrons. The number of halogens is 1. The minimum Gasteiger partial charge on any atom is -0.336 e. The molecule has 0 aliphatic carbocycles. The number of anilines is 1. The SMILES string of the molecule is CC(=O)SC1CC(=O)N(c2onc(C)c2Cl)C1. The normalized spacial score (nSPS) is 20.1. The first-order valence-electron chi connectivity index (χ1n) is 5.08. The van der Waals surface area contributed by atoms with Crippen molar-refractivity contribution < 1.29 is 14.1 Å². The number of hydrogen-bond acceptors (Lipinski definition) is 5. The van der Waals surface area contributed by atoms with Gasteiger partial charge in [0.15, 0.2) is 5.12 Å². The topological polar surface area (TPSA) is 63.4 Å². The van der Waals surface area contributed by atoms with Gasteiger partial charge in [0, 0.05) is 25.1 Å². The molecule has 1 amide bonds. The lowest BCUT2D eigenvalue weighted by molar-refractivity contribution is -0.117. The Labute approximate surface area is 107 Å². The van der Waals surface area contributed by atoms with E-state index in [1.165, 1.54) is 23.6 Å². The van der Waals surface area contributed by atoms with Crippen LogP contribution in [0.4, 0.5) is 5.88 Å². The second-order valence-corrected chi connectivity index (χ2v) is 5.68. The van der Waals surface area contributed by atoms with E-state index in [9.17, 15) is 9.59 Å². The van der Waals surface area contributed by atoms with Crippen LogP contribution in [0.5, 0.6) is 0 Å². The highest BCUT2D eigenvalue weighted by Gasteiger charge is 2.35. The van der Waals surface area contributed by atoms with Gasteiger partial charge in [0.2, 0.25) is 5.91 Å². The van der Waals surface area contributed by atoms with Gasteiger partial charge >= 0.3 is 0 Å². The summed E-state index contributed by atoms with van der Waals surface area (Å²) in [6, 6.07) is 0. The number of hydrogen-bond donors (Lipinski definition) is 0. The molecule has 1 saturated heterocycles. The van der Waals surface area contributed by atoms with Gasteiger partial charge in [-0.15, -0.1) is 0 Å². The molecule has 1 aromatic rings. The number of aryl methyl sites for hydroxylation is 1. The Hall–Kier alpha value is -1.01. The van der Waals surface area contributed by atoms with Crippen LogP contribution in [0.2, 0.25) is 5.02 Å². The Bertz CT molecular complexity index is 474. The minimum atomic E-state index is -0.0956. The molecule has 17 heavy (non-hydrogen) atoms. The molecule has 0 aromatic carbocycles. The highest BCUT2D eigenvalue weighted by atomic mass is 35.5. The largest absolute Gasteiger partial charge is 0.336 e. The van der Waals surface area contributed by atoms with E-state index < -0.39 is 0 Å². The van der Waals surface area contributed by atoms with Crippen LogP contribution in [0.15, 0.2) is 4.52 Å². The monoisotopic (exact) mass is 274 g/mol. The van der Waals surface area contributed by atoms with E-state index in [0.717, 1.165) is 0 Å². The summed E-state index contributed by atoms with van der Waals surface area (Å²) in [6.07, 6.45) is 0.320. The first kappa shape index (κ1) is 12.4. The lowest BCUT2D eigenvalue weighted by Gasteiger charge is -2.11. The highest BCUT2D eigenvalue weighted by molar-refractivity contribution is 8.14. The molecular formula is C10H11ClN2O3S. The Morgan fingerprint density at radius 1 is 1.65 bits per heavy atom. The number of thioether (sulfide) groups is 1. The fourth-order valence-electron chi connectivity index (χ4n) is 1.70. The van der Waals surface area contributed by atoms with Gasteiger partial charge in [0.05, 0.1) is 0 Å². The number of aromatic nitrogens is 1. The van der Waals surface area contributed by atoms with E-state index in [1.807, 2.05) is 0 Å². The Morgan fingerprint density at radius 3 is 2.88 bits per heavy atom. The van der Waals surface area contributed by atoms with Crippen LogP contribution >= 0.6 is 23.4 Å². The predicted molar refractivity (Wildman–Crippen MR) is 65.3 cm³/mol. The molecule has 0 bridgehead atoms. The van der Waals surface area contributed by atoms with E-state index in [1.54, 1.807) is 6.92 Å². The summed E-state index contributed by atoms with van der Waals surface area (Å²) in [5.74, 6) is 0.183. The Balaban J connectivity index is 2.16. The van der Waals surface area contributed by atoms with Gasteiger partial charge in [0.1, 0.15) is 10.7 Å². The summed E-state index contributed by atoms with van der Waals surface area (Å²) in [5, 5.41) is 4.02. The van der Waals surface area contributed by atoms with Crippen LogP contribution in [0.3, 0.4) is 0 Å². The molecule has 7 heteroatoms. The number of nitrogens with zero attached hydrogens (tertiary/aromatic N) is 2. The average Bonchev–Trinajstić information content (AvgIpc) is 2.72. The molecule has 1 unspecified atom stereocenters. The average molecular weight is 275 g/mol. The number of carbonyl (C=O) groups excluding carboxylic acids is 2. The summed E-state index contributed by atoms with van der Waals surface area (Å²) in [4.78, 5) is 24.2. The van der Waals surface area contributed by atoms with Crippen LogP contribution in [-0.4, -0.2) is 28.0 Å². The van der Waals surface area contributed by atoms with Crippen LogP contribution in [0, 0.1) is 6.92 Å². The van der Waals surface area contributed by atoms with E-state index in [4.69, 9.17) is 16.1 Å².